The van der Waals surface area contributed by atoms with E-state index in [1.54, 1.807) is 26.5 Å². The highest BCUT2D eigenvalue weighted by Crippen LogP contribution is 2.23. The van der Waals surface area contributed by atoms with Crippen LogP contribution in [-0.4, -0.2) is 24.3 Å². The molecule has 2 aromatic rings. The van der Waals surface area contributed by atoms with Crippen molar-refractivity contribution >= 4 is 5.82 Å². The molecule has 5 heteroatoms. The maximum Gasteiger partial charge on any atom is 0.131 e. The Balaban J connectivity index is 2.14. The van der Waals surface area contributed by atoms with E-state index in [2.05, 4.69) is 10.3 Å². The summed E-state index contributed by atoms with van der Waals surface area (Å²) in [6.45, 7) is 0.523. The topological polar surface area (TPSA) is 63.6 Å². The number of nitrogens with zero attached hydrogens (tertiary/aromatic N) is 1. The molecule has 0 unspecified atom stereocenters. The highest BCUT2D eigenvalue weighted by molar-refractivity contribution is 5.45. The van der Waals surface area contributed by atoms with Crippen LogP contribution in [0, 0.1) is 0 Å². The van der Waals surface area contributed by atoms with Gasteiger partial charge >= 0.3 is 0 Å². The summed E-state index contributed by atoms with van der Waals surface area (Å²) in [5.41, 5.74) is 1.78. The minimum absolute atomic E-state index is 0.0440. The molecule has 0 radical (unpaired) electrons. The van der Waals surface area contributed by atoms with Crippen LogP contribution in [0.5, 0.6) is 11.5 Å². The number of ether oxygens (including phenoxy) is 2. The van der Waals surface area contributed by atoms with Crippen LogP contribution in [0.4, 0.5) is 5.82 Å². The molecule has 0 saturated carbocycles. The lowest BCUT2D eigenvalue weighted by atomic mass is 10.2. The molecule has 0 aliphatic carbocycles. The largest absolute Gasteiger partial charge is 0.497 e. The van der Waals surface area contributed by atoms with E-state index in [9.17, 15) is 5.11 Å². The van der Waals surface area contributed by atoms with E-state index >= 15 is 0 Å². The summed E-state index contributed by atoms with van der Waals surface area (Å²) in [5.74, 6) is 2.16. The monoisotopic (exact) mass is 274 g/mol. The summed E-state index contributed by atoms with van der Waals surface area (Å²) in [7, 11) is 3.24. The van der Waals surface area contributed by atoms with Gasteiger partial charge in [0.05, 0.1) is 20.8 Å². The van der Waals surface area contributed by atoms with Gasteiger partial charge in [-0.05, 0) is 23.8 Å². The Bertz CT molecular complexity index is 551. The van der Waals surface area contributed by atoms with Crippen LogP contribution in [0.25, 0.3) is 0 Å². The van der Waals surface area contributed by atoms with Crippen molar-refractivity contribution in [2.75, 3.05) is 19.5 Å². The molecule has 0 saturated heterocycles. The Hall–Kier alpha value is -2.27. The fraction of sp³-hybridized carbons (Fsp3) is 0.267. The zero-order valence-corrected chi connectivity index (χ0v) is 11.6. The van der Waals surface area contributed by atoms with E-state index in [1.807, 2.05) is 24.3 Å². The van der Waals surface area contributed by atoms with Crippen molar-refractivity contribution in [2.45, 2.75) is 13.2 Å². The first-order valence-electron chi connectivity index (χ1n) is 6.27. The number of aliphatic hydroxyl groups is 1. The van der Waals surface area contributed by atoms with E-state index in [4.69, 9.17) is 9.47 Å². The highest BCUT2D eigenvalue weighted by Gasteiger charge is 2.04. The molecule has 1 aromatic heterocycles. The number of aliphatic hydroxyl groups excluding tert-OH is 1. The van der Waals surface area contributed by atoms with Gasteiger partial charge in [0.25, 0.3) is 0 Å². The number of pyridine rings is 1. The minimum Gasteiger partial charge on any atom is -0.497 e. The third kappa shape index (κ3) is 3.39. The maximum absolute atomic E-state index is 9.26. The summed E-state index contributed by atoms with van der Waals surface area (Å²) in [6, 6.07) is 9.31. The van der Waals surface area contributed by atoms with E-state index in [0.717, 1.165) is 22.6 Å². The number of aromatic nitrogens is 1. The van der Waals surface area contributed by atoms with Gasteiger partial charge in [-0.25, -0.2) is 4.98 Å². The van der Waals surface area contributed by atoms with Crippen LogP contribution in [0.3, 0.4) is 0 Å². The molecule has 0 spiro atoms. The lowest BCUT2D eigenvalue weighted by molar-refractivity contribution is 0.282. The molecule has 1 aromatic carbocycles. The van der Waals surface area contributed by atoms with Crippen LogP contribution in [0.2, 0.25) is 0 Å². The molecule has 0 fully saturated rings. The quantitative estimate of drug-likeness (QED) is 0.845. The predicted molar refractivity (Wildman–Crippen MR) is 77.0 cm³/mol. The van der Waals surface area contributed by atoms with Crippen LogP contribution in [0.15, 0.2) is 36.5 Å². The molecule has 106 valence electrons. The van der Waals surface area contributed by atoms with Crippen molar-refractivity contribution in [3.63, 3.8) is 0 Å². The zero-order valence-electron chi connectivity index (χ0n) is 11.6. The smallest absolute Gasteiger partial charge is 0.131 e. The van der Waals surface area contributed by atoms with E-state index in [1.165, 1.54) is 0 Å². The van der Waals surface area contributed by atoms with Crippen molar-refractivity contribution in [3.05, 3.63) is 47.7 Å². The van der Waals surface area contributed by atoms with Gasteiger partial charge < -0.3 is 19.9 Å². The third-order valence-electron chi connectivity index (χ3n) is 2.93. The Morgan fingerprint density at radius 2 is 1.85 bits per heavy atom. The SMILES string of the molecule is COc1cc(CNc2ncccc2CO)cc(OC)c1. The number of hydrogen-bond donors (Lipinski definition) is 2. The second kappa shape index (κ2) is 6.77. The first-order chi connectivity index (χ1) is 9.76. The van der Waals surface area contributed by atoms with E-state index < -0.39 is 0 Å². The maximum atomic E-state index is 9.26. The Morgan fingerprint density at radius 3 is 2.45 bits per heavy atom. The van der Waals surface area contributed by atoms with Crippen molar-refractivity contribution < 1.29 is 14.6 Å². The van der Waals surface area contributed by atoms with Gasteiger partial charge in [-0.2, -0.15) is 0 Å². The molecule has 2 rings (SSSR count). The minimum atomic E-state index is -0.0440. The summed E-state index contributed by atoms with van der Waals surface area (Å²) in [4.78, 5) is 4.22. The predicted octanol–water partition coefficient (Wildman–Crippen LogP) is 2.20. The fourth-order valence-electron chi connectivity index (χ4n) is 1.88. The Labute approximate surface area is 118 Å². The van der Waals surface area contributed by atoms with Gasteiger partial charge in [-0.15, -0.1) is 0 Å². The first kappa shape index (κ1) is 14.1. The second-order valence-corrected chi connectivity index (χ2v) is 4.24. The van der Waals surface area contributed by atoms with Crippen LogP contribution < -0.4 is 14.8 Å². The lowest BCUT2D eigenvalue weighted by Gasteiger charge is -2.11. The van der Waals surface area contributed by atoms with Crippen LogP contribution >= 0.6 is 0 Å². The summed E-state index contributed by atoms with van der Waals surface area (Å²) < 4.78 is 10.5. The molecule has 0 atom stereocenters. The number of rotatable bonds is 6. The van der Waals surface area contributed by atoms with Crippen molar-refractivity contribution in [1.82, 2.24) is 4.98 Å². The fourth-order valence-corrected chi connectivity index (χ4v) is 1.88. The van der Waals surface area contributed by atoms with Crippen molar-refractivity contribution in [1.29, 1.82) is 0 Å². The van der Waals surface area contributed by atoms with Gasteiger partial charge in [0.15, 0.2) is 0 Å². The molecule has 0 bridgehead atoms. The van der Waals surface area contributed by atoms with Crippen LogP contribution in [0.1, 0.15) is 11.1 Å². The molecule has 0 aliphatic heterocycles. The zero-order chi connectivity index (χ0) is 14.4. The third-order valence-corrected chi connectivity index (χ3v) is 2.93. The van der Waals surface area contributed by atoms with Crippen molar-refractivity contribution in [3.8, 4) is 11.5 Å². The number of methoxy groups -OCH3 is 2. The first-order valence-corrected chi connectivity index (χ1v) is 6.27. The van der Waals surface area contributed by atoms with Gasteiger partial charge in [-0.1, -0.05) is 6.07 Å². The molecule has 1 heterocycles. The van der Waals surface area contributed by atoms with Gasteiger partial charge in [0, 0.05) is 24.4 Å². The number of anilines is 1. The van der Waals surface area contributed by atoms with Gasteiger partial charge in [0.1, 0.15) is 17.3 Å². The molecular formula is C15H18N2O3. The average Bonchev–Trinajstić information content (AvgIpc) is 2.52. The Morgan fingerprint density at radius 1 is 1.15 bits per heavy atom. The normalized spacial score (nSPS) is 10.2. The molecule has 0 amide bonds. The molecule has 5 nitrogen and oxygen atoms in total. The molecular weight excluding hydrogens is 256 g/mol. The second-order valence-electron chi connectivity index (χ2n) is 4.24. The molecule has 2 N–H and O–H groups in total. The number of benzene rings is 1. The summed E-state index contributed by atoms with van der Waals surface area (Å²) in [5, 5.41) is 12.5. The highest BCUT2D eigenvalue weighted by atomic mass is 16.5. The lowest BCUT2D eigenvalue weighted by Crippen LogP contribution is -2.05. The summed E-state index contributed by atoms with van der Waals surface area (Å²) >= 11 is 0. The van der Waals surface area contributed by atoms with E-state index in [0.29, 0.717) is 12.4 Å². The number of hydrogen-bond acceptors (Lipinski definition) is 5. The van der Waals surface area contributed by atoms with Crippen molar-refractivity contribution in [2.24, 2.45) is 0 Å². The summed E-state index contributed by atoms with van der Waals surface area (Å²) in [6.07, 6.45) is 1.69. The van der Waals surface area contributed by atoms with Gasteiger partial charge in [0.2, 0.25) is 0 Å². The Kier molecular flexibility index (Phi) is 4.79. The van der Waals surface area contributed by atoms with E-state index in [-0.39, 0.29) is 6.61 Å². The standard InChI is InChI=1S/C15H18N2O3/c1-19-13-6-11(7-14(8-13)20-2)9-17-15-12(10-18)4-3-5-16-15/h3-8,18H,9-10H2,1-2H3,(H,16,17). The molecule has 0 aliphatic rings. The van der Waals surface area contributed by atoms with Crippen LogP contribution in [-0.2, 0) is 13.2 Å². The number of nitrogens with one attached hydrogen (secondary N) is 1. The molecule has 20 heavy (non-hydrogen) atoms. The average molecular weight is 274 g/mol. The van der Waals surface area contributed by atoms with Gasteiger partial charge in [-0.3, -0.25) is 0 Å².